The van der Waals surface area contributed by atoms with E-state index in [2.05, 4.69) is 6.08 Å². The summed E-state index contributed by atoms with van der Waals surface area (Å²) in [7, 11) is 0. The number of rotatable bonds is 0. The van der Waals surface area contributed by atoms with Gasteiger partial charge >= 0.3 is 0 Å². The van der Waals surface area contributed by atoms with Crippen molar-refractivity contribution in [3.63, 3.8) is 0 Å². The third-order valence-electron chi connectivity index (χ3n) is 2.09. The molecule has 0 heterocycles. The van der Waals surface area contributed by atoms with E-state index in [1.54, 1.807) is 0 Å². The molecule has 0 bridgehead atoms. The van der Waals surface area contributed by atoms with Crippen molar-refractivity contribution in [2.75, 3.05) is 0 Å². The molecule has 0 aromatic rings. The maximum atomic E-state index is 9.70. The number of hydrogen-bond donors (Lipinski definition) is 1. The topological polar surface area (TPSA) is 20.2 Å². The lowest BCUT2D eigenvalue weighted by Crippen LogP contribution is -2.27. The predicted molar refractivity (Wildman–Crippen MR) is 42.8 cm³/mol. The highest BCUT2D eigenvalue weighted by atomic mass is 16.3. The van der Waals surface area contributed by atoms with Crippen LogP contribution in [-0.2, 0) is 0 Å². The first-order chi connectivity index (χ1) is 4.52. The second kappa shape index (κ2) is 2.24. The van der Waals surface area contributed by atoms with Gasteiger partial charge in [0.05, 0.1) is 5.60 Å². The number of allylic oxidation sites excluding steroid dienone is 2. The molecule has 1 unspecified atom stereocenters. The molecule has 1 N–H and O–H groups in total. The second-order valence-electron chi connectivity index (χ2n) is 3.31. The lowest BCUT2D eigenvalue weighted by atomic mass is 9.86. The third-order valence-corrected chi connectivity index (χ3v) is 2.09. The van der Waals surface area contributed by atoms with E-state index in [4.69, 9.17) is 0 Å². The van der Waals surface area contributed by atoms with Gasteiger partial charge in [-0.25, -0.2) is 0 Å². The first-order valence-corrected chi connectivity index (χ1v) is 3.59. The molecule has 0 spiro atoms. The molecular formula is C9H14O. The molecule has 0 fully saturated rings. The lowest BCUT2D eigenvalue weighted by Gasteiger charge is -2.27. The number of hydrogen-bond acceptors (Lipinski definition) is 1. The molecule has 0 amide bonds. The van der Waals surface area contributed by atoms with Gasteiger partial charge in [-0.15, -0.1) is 0 Å². The Morgan fingerprint density at radius 1 is 1.40 bits per heavy atom. The highest BCUT2D eigenvalue weighted by Crippen LogP contribution is 2.27. The summed E-state index contributed by atoms with van der Waals surface area (Å²) in [4.78, 5) is 0. The van der Waals surface area contributed by atoms with Crippen LogP contribution in [0.2, 0.25) is 0 Å². The van der Waals surface area contributed by atoms with Gasteiger partial charge in [-0.1, -0.05) is 17.7 Å². The van der Waals surface area contributed by atoms with Crippen LogP contribution in [0.1, 0.15) is 27.2 Å². The average Bonchev–Trinajstić information content (AvgIpc) is 1.78. The van der Waals surface area contributed by atoms with Crippen LogP contribution < -0.4 is 0 Å². The molecule has 56 valence electrons. The van der Waals surface area contributed by atoms with E-state index in [0.717, 1.165) is 12.0 Å². The summed E-state index contributed by atoms with van der Waals surface area (Å²) in [6.07, 6.45) is 4.82. The summed E-state index contributed by atoms with van der Waals surface area (Å²) in [5, 5.41) is 9.70. The van der Waals surface area contributed by atoms with Crippen molar-refractivity contribution in [1.82, 2.24) is 0 Å². The summed E-state index contributed by atoms with van der Waals surface area (Å²) >= 11 is 0. The van der Waals surface area contributed by atoms with Gasteiger partial charge in [0.25, 0.3) is 0 Å². The molecule has 0 aromatic heterocycles. The third kappa shape index (κ3) is 1.29. The number of aliphatic hydroxyl groups is 1. The van der Waals surface area contributed by atoms with E-state index in [-0.39, 0.29) is 0 Å². The van der Waals surface area contributed by atoms with Crippen LogP contribution in [0.5, 0.6) is 0 Å². The highest BCUT2D eigenvalue weighted by molar-refractivity contribution is 5.29. The first-order valence-electron chi connectivity index (χ1n) is 3.59. The molecule has 1 atom stereocenters. The Morgan fingerprint density at radius 2 is 2.00 bits per heavy atom. The van der Waals surface area contributed by atoms with Crippen LogP contribution in [0.25, 0.3) is 0 Å². The van der Waals surface area contributed by atoms with Gasteiger partial charge in [0.15, 0.2) is 0 Å². The summed E-state index contributed by atoms with van der Waals surface area (Å²) < 4.78 is 0. The minimum absolute atomic E-state index is 0.598. The summed E-state index contributed by atoms with van der Waals surface area (Å²) in [6.45, 7) is 5.86. The Kier molecular flexibility index (Phi) is 1.69. The van der Waals surface area contributed by atoms with E-state index in [1.807, 2.05) is 26.8 Å². The standard InChI is InChI=1S/C9H14O/c1-7-4-5-8(2)9(3,10)6-7/h4-5,10H,6H2,1-3H3. The van der Waals surface area contributed by atoms with Crippen molar-refractivity contribution < 1.29 is 5.11 Å². The van der Waals surface area contributed by atoms with E-state index in [1.165, 1.54) is 5.57 Å². The molecule has 1 aliphatic rings. The molecule has 10 heavy (non-hydrogen) atoms. The zero-order chi connectivity index (χ0) is 7.78. The monoisotopic (exact) mass is 138 g/mol. The highest BCUT2D eigenvalue weighted by Gasteiger charge is 2.24. The SMILES string of the molecule is CC1=CC=C(C)C(C)(O)C1. The lowest BCUT2D eigenvalue weighted by molar-refractivity contribution is 0.0975. The normalized spacial score (nSPS) is 33.2. The summed E-state index contributed by atoms with van der Waals surface area (Å²) in [5.41, 5.74) is 1.70. The quantitative estimate of drug-likeness (QED) is 0.543. The molecule has 1 heteroatoms. The summed E-state index contributed by atoms with van der Waals surface area (Å²) in [5.74, 6) is 0. The van der Waals surface area contributed by atoms with Crippen LogP contribution >= 0.6 is 0 Å². The molecule has 0 saturated carbocycles. The Morgan fingerprint density at radius 3 is 2.40 bits per heavy atom. The minimum atomic E-state index is -0.598. The van der Waals surface area contributed by atoms with Crippen molar-refractivity contribution in [2.24, 2.45) is 0 Å². The smallest absolute Gasteiger partial charge is 0.0866 e. The van der Waals surface area contributed by atoms with Crippen LogP contribution in [0, 0.1) is 0 Å². The van der Waals surface area contributed by atoms with Crippen LogP contribution in [-0.4, -0.2) is 10.7 Å². The Balaban J connectivity index is 2.89. The second-order valence-corrected chi connectivity index (χ2v) is 3.31. The van der Waals surface area contributed by atoms with Crippen LogP contribution in [0.3, 0.4) is 0 Å². The van der Waals surface area contributed by atoms with Gasteiger partial charge in [0.2, 0.25) is 0 Å². The Bertz CT molecular complexity index is 197. The fourth-order valence-electron chi connectivity index (χ4n) is 1.19. The van der Waals surface area contributed by atoms with Crippen LogP contribution in [0.15, 0.2) is 23.3 Å². The van der Waals surface area contributed by atoms with Crippen molar-refractivity contribution in [3.05, 3.63) is 23.3 Å². The average molecular weight is 138 g/mol. The fourth-order valence-corrected chi connectivity index (χ4v) is 1.19. The molecule has 0 aromatic carbocycles. The van der Waals surface area contributed by atoms with Gasteiger partial charge in [-0.2, -0.15) is 0 Å². The molecule has 1 rings (SSSR count). The Labute approximate surface area is 62.1 Å². The fraction of sp³-hybridized carbons (Fsp3) is 0.556. The molecular weight excluding hydrogens is 124 g/mol. The zero-order valence-corrected chi connectivity index (χ0v) is 6.81. The predicted octanol–water partition coefficient (Wildman–Crippen LogP) is 2.03. The van der Waals surface area contributed by atoms with E-state index >= 15 is 0 Å². The van der Waals surface area contributed by atoms with Gasteiger partial charge in [0, 0.05) is 6.42 Å². The minimum Gasteiger partial charge on any atom is -0.385 e. The van der Waals surface area contributed by atoms with E-state index < -0.39 is 5.60 Å². The molecule has 0 aliphatic heterocycles. The molecule has 1 nitrogen and oxygen atoms in total. The van der Waals surface area contributed by atoms with Crippen LogP contribution in [0.4, 0.5) is 0 Å². The van der Waals surface area contributed by atoms with Gasteiger partial charge in [0.1, 0.15) is 0 Å². The maximum absolute atomic E-state index is 9.70. The van der Waals surface area contributed by atoms with E-state index in [0.29, 0.717) is 0 Å². The van der Waals surface area contributed by atoms with Crippen molar-refractivity contribution in [1.29, 1.82) is 0 Å². The van der Waals surface area contributed by atoms with Gasteiger partial charge in [-0.3, -0.25) is 0 Å². The summed E-state index contributed by atoms with van der Waals surface area (Å²) in [6, 6.07) is 0. The van der Waals surface area contributed by atoms with E-state index in [9.17, 15) is 5.11 Å². The Hall–Kier alpha value is -0.560. The molecule has 0 saturated heterocycles. The molecule has 0 radical (unpaired) electrons. The maximum Gasteiger partial charge on any atom is 0.0866 e. The van der Waals surface area contributed by atoms with Crippen molar-refractivity contribution in [2.45, 2.75) is 32.8 Å². The van der Waals surface area contributed by atoms with Gasteiger partial charge < -0.3 is 5.11 Å². The molecule has 1 aliphatic carbocycles. The first kappa shape index (κ1) is 7.55. The van der Waals surface area contributed by atoms with Crippen molar-refractivity contribution >= 4 is 0 Å². The zero-order valence-electron chi connectivity index (χ0n) is 6.81. The van der Waals surface area contributed by atoms with Crippen molar-refractivity contribution in [3.8, 4) is 0 Å². The van der Waals surface area contributed by atoms with Gasteiger partial charge in [-0.05, 0) is 26.3 Å². The largest absolute Gasteiger partial charge is 0.385 e.